The largest absolute Gasteiger partial charge is 0.151 e. The van der Waals surface area contributed by atoms with Crippen LogP contribution in [0.4, 0.5) is 0 Å². The van der Waals surface area contributed by atoms with Crippen molar-refractivity contribution in [1.82, 2.24) is 0 Å². The standard InChI is InChI=1S/C15H13NO/c17-16-9-8-11-5-3-6-13-10-12-4-1-2-7-14(12)15(11)13/h1-7H,8-10H2. The Morgan fingerprint density at radius 1 is 1.00 bits per heavy atom. The van der Waals surface area contributed by atoms with Gasteiger partial charge in [-0.3, -0.25) is 0 Å². The number of benzene rings is 2. The summed E-state index contributed by atoms with van der Waals surface area (Å²) in [6.45, 7) is 0.360. The van der Waals surface area contributed by atoms with E-state index in [0.29, 0.717) is 6.54 Å². The molecule has 2 nitrogen and oxygen atoms in total. The first-order valence-corrected chi connectivity index (χ1v) is 5.88. The van der Waals surface area contributed by atoms with E-state index in [9.17, 15) is 4.91 Å². The molecular formula is C15H13NO. The normalized spacial score (nSPS) is 12.0. The predicted molar refractivity (Wildman–Crippen MR) is 69.1 cm³/mol. The third-order valence-corrected chi connectivity index (χ3v) is 3.38. The Labute approximate surface area is 100 Å². The van der Waals surface area contributed by atoms with Crippen LogP contribution in [0.3, 0.4) is 0 Å². The fourth-order valence-electron chi connectivity index (χ4n) is 2.64. The van der Waals surface area contributed by atoms with Crippen LogP contribution >= 0.6 is 0 Å². The second-order valence-electron chi connectivity index (χ2n) is 4.39. The second-order valence-corrected chi connectivity index (χ2v) is 4.39. The number of hydrogen-bond donors (Lipinski definition) is 0. The molecule has 2 aromatic carbocycles. The minimum Gasteiger partial charge on any atom is -0.151 e. The molecule has 0 saturated carbocycles. The molecule has 0 radical (unpaired) electrons. The van der Waals surface area contributed by atoms with Gasteiger partial charge in [-0.25, -0.2) is 0 Å². The lowest BCUT2D eigenvalue weighted by Gasteiger charge is -2.07. The summed E-state index contributed by atoms with van der Waals surface area (Å²) < 4.78 is 0. The predicted octanol–water partition coefficient (Wildman–Crippen LogP) is 3.57. The summed E-state index contributed by atoms with van der Waals surface area (Å²) in [5.74, 6) is 0. The first-order valence-electron chi connectivity index (χ1n) is 5.88. The first-order chi connectivity index (χ1) is 8.40. The minimum absolute atomic E-state index is 0.360. The molecule has 0 aliphatic heterocycles. The molecule has 0 aromatic heterocycles. The number of fused-ring (bicyclic) bond motifs is 3. The summed E-state index contributed by atoms with van der Waals surface area (Å²) in [4.78, 5) is 10.3. The minimum atomic E-state index is 0.360. The Bertz CT molecular complexity index is 575. The molecule has 2 heteroatoms. The molecule has 1 aliphatic carbocycles. The van der Waals surface area contributed by atoms with Crippen molar-refractivity contribution in [2.24, 2.45) is 5.18 Å². The van der Waals surface area contributed by atoms with Gasteiger partial charge in [0.15, 0.2) is 0 Å². The molecule has 0 spiro atoms. The molecule has 0 saturated heterocycles. The summed E-state index contributed by atoms with van der Waals surface area (Å²) >= 11 is 0. The fourth-order valence-corrected chi connectivity index (χ4v) is 2.64. The van der Waals surface area contributed by atoms with Crippen molar-refractivity contribution in [3.8, 4) is 11.1 Å². The van der Waals surface area contributed by atoms with Crippen LogP contribution in [0.5, 0.6) is 0 Å². The summed E-state index contributed by atoms with van der Waals surface area (Å²) in [5, 5.41) is 2.96. The molecule has 0 amide bonds. The molecule has 0 unspecified atom stereocenters. The van der Waals surface area contributed by atoms with E-state index in [4.69, 9.17) is 0 Å². The zero-order valence-electron chi connectivity index (χ0n) is 9.52. The number of nitrogens with zero attached hydrogens (tertiary/aromatic N) is 1. The van der Waals surface area contributed by atoms with Gasteiger partial charge in [-0.1, -0.05) is 47.6 Å². The number of rotatable bonds is 3. The van der Waals surface area contributed by atoms with E-state index >= 15 is 0 Å². The number of nitroso groups, excluding NO2 is 1. The van der Waals surface area contributed by atoms with Crippen LogP contribution < -0.4 is 0 Å². The molecule has 0 N–H and O–H groups in total. The summed E-state index contributed by atoms with van der Waals surface area (Å²) in [5.41, 5.74) is 6.64. The highest BCUT2D eigenvalue weighted by Crippen LogP contribution is 2.38. The first kappa shape index (κ1) is 10.2. The molecule has 0 fully saturated rings. The highest BCUT2D eigenvalue weighted by Gasteiger charge is 2.20. The highest BCUT2D eigenvalue weighted by atomic mass is 16.3. The van der Waals surface area contributed by atoms with Crippen LogP contribution in [-0.2, 0) is 12.8 Å². The van der Waals surface area contributed by atoms with E-state index in [1.165, 1.54) is 27.8 Å². The lowest BCUT2D eigenvalue weighted by molar-refractivity contribution is 0.961. The Kier molecular flexibility index (Phi) is 2.48. The van der Waals surface area contributed by atoms with Gasteiger partial charge in [-0.05, 0) is 40.7 Å². The van der Waals surface area contributed by atoms with Gasteiger partial charge < -0.3 is 0 Å². The smallest absolute Gasteiger partial charge is 0.0851 e. The Morgan fingerprint density at radius 2 is 1.82 bits per heavy atom. The number of hydrogen-bond acceptors (Lipinski definition) is 2. The van der Waals surface area contributed by atoms with E-state index in [1.807, 2.05) is 0 Å². The van der Waals surface area contributed by atoms with Crippen molar-refractivity contribution >= 4 is 0 Å². The molecular weight excluding hydrogens is 210 g/mol. The van der Waals surface area contributed by atoms with E-state index in [1.54, 1.807) is 0 Å². The third kappa shape index (κ3) is 1.66. The summed E-state index contributed by atoms with van der Waals surface area (Å²) in [7, 11) is 0. The maximum atomic E-state index is 10.3. The van der Waals surface area contributed by atoms with Gasteiger partial charge in [0.1, 0.15) is 0 Å². The van der Waals surface area contributed by atoms with Gasteiger partial charge in [0.05, 0.1) is 6.54 Å². The third-order valence-electron chi connectivity index (χ3n) is 3.38. The van der Waals surface area contributed by atoms with Gasteiger partial charge in [0, 0.05) is 0 Å². The van der Waals surface area contributed by atoms with Crippen LogP contribution in [0, 0.1) is 4.91 Å². The van der Waals surface area contributed by atoms with Crippen molar-refractivity contribution in [3.63, 3.8) is 0 Å². The lowest BCUT2D eigenvalue weighted by Crippen LogP contribution is -1.93. The zero-order chi connectivity index (χ0) is 11.7. The van der Waals surface area contributed by atoms with Gasteiger partial charge in [-0.15, -0.1) is 0 Å². The van der Waals surface area contributed by atoms with Gasteiger partial charge in [-0.2, -0.15) is 4.91 Å². The molecule has 0 heterocycles. The van der Waals surface area contributed by atoms with Crippen LogP contribution in [-0.4, -0.2) is 6.54 Å². The summed E-state index contributed by atoms with van der Waals surface area (Å²) in [6, 6.07) is 14.8. The van der Waals surface area contributed by atoms with Gasteiger partial charge in [0.2, 0.25) is 0 Å². The van der Waals surface area contributed by atoms with Crippen molar-refractivity contribution in [2.75, 3.05) is 6.54 Å². The van der Waals surface area contributed by atoms with Crippen LogP contribution in [0.2, 0.25) is 0 Å². The van der Waals surface area contributed by atoms with E-state index in [2.05, 4.69) is 47.6 Å². The fraction of sp³-hybridized carbons (Fsp3) is 0.200. The van der Waals surface area contributed by atoms with E-state index < -0.39 is 0 Å². The lowest BCUT2D eigenvalue weighted by atomic mass is 9.97. The molecule has 0 atom stereocenters. The monoisotopic (exact) mass is 223 g/mol. The molecule has 1 aliphatic rings. The average Bonchev–Trinajstić information content (AvgIpc) is 2.75. The van der Waals surface area contributed by atoms with Crippen molar-refractivity contribution < 1.29 is 0 Å². The topological polar surface area (TPSA) is 29.4 Å². The SMILES string of the molecule is O=NCCc1cccc2c1-c1ccccc1C2. The average molecular weight is 223 g/mol. The van der Waals surface area contributed by atoms with E-state index in [-0.39, 0.29) is 0 Å². The van der Waals surface area contributed by atoms with Gasteiger partial charge >= 0.3 is 0 Å². The second kappa shape index (κ2) is 4.13. The molecule has 2 aromatic rings. The van der Waals surface area contributed by atoms with E-state index in [0.717, 1.165) is 12.8 Å². The molecule has 0 bridgehead atoms. The molecule has 3 rings (SSSR count). The van der Waals surface area contributed by atoms with Crippen LogP contribution in [0.15, 0.2) is 47.6 Å². The van der Waals surface area contributed by atoms with Crippen LogP contribution in [0.25, 0.3) is 11.1 Å². The quantitative estimate of drug-likeness (QED) is 0.624. The van der Waals surface area contributed by atoms with Crippen molar-refractivity contribution in [2.45, 2.75) is 12.8 Å². The Hall–Kier alpha value is -1.96. The van der Waals surface area contributed by atoms with Crippen molar-refractivity contribution in [1.29, 1.82) is 0 Å². The Morgan fingerprint density at radius 3 is 2.71 bits per heavy atom. The maximum absolute atomic E-state index is 10.3. The van der Waals surface area contributed by atoms with Gasteiger partial charge in [0.25, 0.3) is 0 Å². The zero-order valence-corrected chi connectivity index (χ0v) is 9.52. The molecule has 84 valence electrons. The summed E-state index contributed by atoms with van der Waals surface area (Å²) in [6.07, 6.45) is 1.74. The maximum Gasteiger partial charge on any atom is 0.0851 e. The van der Waals surface area contributed by atoms with Crippen LogP contribution in [0.1, 0.15) is 16.7 Å². The Balaban J connectivity index is 2.12. The molecule has 17 heavy (non-hydrogen) atoms. The highest BCUT2D eigenvalue weighted by molar-refractivity contribution is 5.79. The van der Waals surface area contributed by atoms with Crippen molar-refractivity contribution in [3.05, 3.63) is 64.1 Å².